The molecule has 1 heterocycles. The second-order valence-electron chi connectivity index (χ2n) is 8.24. The molecule has 1 aromatic carbocycles. The highest BCUT2D eigenvalue weighted by Gasteiger charge is 2.27. The summed E-state index contributed by atoms with van der Waals surface area (Å²) in [5.74, 6) is 0.396. The molecule has 0 bridgehead atoms. The lowest BCUT2D eigenvalue weighted by molar-refractivity contribution is -0.123. The molecule has 1 aromatic heterocycles. The maximum Gasteiger partial charge on any atom is 0.277 e. The van der Waals surface area contributed by atoms with Crippen LogP contribution in [-0.2, 0) is 10.2 Å². The van der Waals surface area contributed by atoms with Crippen LogP contribution in [0.4, 0.5) is 0 Å². The standard InChI is InChI=1S/C21H28N2O2S/c1-20(2,3)15-21(4,5)16-8-10-17(11-9-16)25-14-19(24)23-22-13-18-7-6-12-26-18/h6-13H,14-15H2,1-5H3,(H,23,24)/b22-13+. The summed E-state index contributed by atoms with van der Waals surface area (Å²) in [5, 5.41) is 5.87. The first-order valence-electron chi connectivity index (χ1n) is 8.74. The molecule has 0 saturated carbocycles. The Balaban J connectivity index is 1.84. The van der Waals surface area contributed by atoms with Crippen molar-refractivity contribution in [3.8, 4) is 5.75 Å². The van der Waals surface area contributed by atoms with E-state index < -0.39 is 0 Å². The number of ether oxygens (including phenoxy) is 1. The first kappa shape index (κ1) is 20.2. The monoisotopic (exact) mass is 372 g/mol. The van der Waals surface area contributed by atoms with Gasteiger partial charge < -0.3 is 4.74 Å². The van der Waals surface area contributed by atoms with E-state index in [1.807, 2.05) is 29.6 Å². The van der Waals surface area contributed by atoms with Crippen LogP contribution in [0.15, 0.2) is 46.9 Å². The van der Waals surface area contributed by atoms with Gasteiger partial charge in [0.1, 0.15) is 5.75 Å². The van der Waals surface area contributed by atoms with Crippen LogP contribution in [0, 0.1) is 5.41 Å². The van der Waals surface area contributed by atoms with Crippen molar-refractivity contribution < 1.29 is 9.53 Å². The van der Waals surface area contributed by atoms with E-state index in [1.54, 1.807) is 17.6 Å². The van der Waals surface area contributed by atoms with Gasteiger partial charge in [-0.3, -0.25) is 4.79 Å². The van der Waals surface area contributed by atoms with Crippen LogP contribution in [0.1, 0.15) is 51.5 Å². The molecule has 2 rings (SSSR count). The highest BCUT2D eigenvalue weighted by Crippen LogP contribution is 2.36. The molecule has 26 heavy (non-hydrogen) atoms. The molecule has 0 spiro atoms. The molecule has 0 aliphatic carbocycles. The summed E-state index contributed by atoms with van der Waals surface area (Å²) >= 11 is 1.56. The summed E-state index contributed by atoms with van der Waals surface area (Å²) in [5.41, 5.74) is 4.09. The molecule has 2 aromatic rings. The highest BCUT2D eigenvalue weighted by atomic mass is 32.1. The molecule has 1 N–H and O–H groups in total. The van der Waals surface area contributed by atoms with Crippen molar-refractivity contribution in [2.75, 3.05) is 6.61 Å². The predicted octanol–water partition coefficient (Wildman–Crippen LogP) is 4.99. The average molecular weight is 373 g/mol. The Labute approximate surface area is 160 Å². The summed E-state index contributed by atoms with van der Waals surface area (Å²) in [4.78, 5) is 12.8. The maximum absolute atomic E-state index is 11.8. The molecule has 0 unspecified atom stereocenters. The summed E-state index contributed by atoms with van der Waals surface area (Å²) in [6, 6.07) is 11.9. The summed E-state index contributed by atoms with van der Waals surface area (Å²) in [7, 11) is 0. The third-order valence-electron chi connectivity index (χ3n) is 3.90. The summed E-state index contributed by atoms with van der Waals surface area (Å²) in [6.45, 7) is 11.2. The molecule has 4 nitrogen and oxygen atoms in total. The van der Waals surface area contributed by atoms with Crippen molar-refractivity contribution in [3.63, 3.8) is 0 Å². The van der Waals surface area contributed by atoms with E-state index in [9.17, 15) is 4.79 Å². The van der Waals surface area contributed by atoms with E-state index in [-0.39, 0.29) is 23.3 Å². The van der Waals surface area contributed by atoms with Gasteiger partial charge in [0.15, 0.2) is 6.61 Å². The van der Waals surface area contributed by atoms with Crippen LogP contribution in [0.5, 0.6) is 5.75 Å². The average Bonchev–Trinajstić information content (AvgIpc) is 3.04. The molecule has 5 heteroatoms. The molecular weight excluding hydrogens is 344 g/mol. The summed E-state index contributed by atoms with van der Waals surface area (Å²) < 4.78 is 5.54. The SMILES string of the molecule is CC(C)(C)CC(C)(C)c1ccc(OCC(=O)N/N=C/c2cccs2)cc1. The number of benzene rings is 1. The number of thiophene rings is 1. The van der Waals surface area contributed by atoms with Gasteiger partial charge in [0.2, 0.25) is 0 Å². The predicted molar refractivity (Wildman–Crippen MR) is 109 cm³/mol. The Hall–Kier alpha value is -2.14. The maximum atomic E-state index is 11.8. The molecule has 0 aliphatic heterocycles. The molecule has 140 valence electrons. The third-order valence-corrected chi connectivity index (χ3v) is 4.71. The minimum atomic E-state index is -0.282. The lowest BCUT2D eigenvalue weighted by Gasteiger charge is -2.33. The fraction of sp³-hybridized carbons (Fsp3) is 0.429. The van der Waals surface area contributed by atoms with Gasteiger partial charge >= 0.3 is 0 Å². The van der Waals surface area contributed by atoms with Crippen molar-refractivity contribution in [1.29, 1.82) is 0 Å². The third kappa shape index (κ3) is 6.64. The number of rotatable bonds is 7. The minimum absolute atomic E-state index is 0.0630. The zero-order valence-corrected chi connectivity index (χ0v) is 17.0. The lowest BCUT2D eigenvalue weighted by Crippen LogP contribution is -2.25. The van der Waals surface area contributed by atoms with E-state index in [0.29, 0.717) is 5.75 Å². The van der Waals surface area contributed by atoms with Gasteiger partial charge in [-0.1, -0.05) is 52.8 Å². The van der Waals surface area contributed by atoms with E-state index in [0.717, 1.165) is 11.3 Å². The smallest absolute Gasteiger partial charge is 0.277 e. The van der Waals surface area contributed by atoms with Crippen LogP contribution in [0.25, 0.3) is 0 Å². The van der Waals surface area contributed by atoms with Crippen LogP contribution in [0.2, 0.25) is 0 Å². The van der Waals surface area contributed by atoms with Gasteiger partial charge in [-0.15, -0.1) is 11.3 Å². The minimum Gasteiger partial charge on any atom is -0.484 e. The van der Waals surface area contributed by atoms with Crippen molar-refractivity contribution in [2.24, 2.45) is 10.5 Å². The van der Waals surface area contributed by atoms with Gasteiger partial charge in [-0.25, -0.2) is 5.43 Å². The molecular formula is C21H28N2O2S. The Bertz CT molecular complexity index is 726. The summed E-state index contributed by atoms with van der Waals surface area (Å²) in [6.07, 6.45) is 2.71. The van der Waals surface area contributed by atoms with Crippen LogP contribution >= 0.6 is 11.3 Å². The number of carbonyl (C=O) groups is 1. The second kappa shape index (κ2) is 8.49. The van der Waals surface area contributed by atoms with Gasteiger partial charge in [0.05, 0.1) is 6.21 Å². The van der Waals surface area contributed by atoms with Crippen molar-refractivity contribution >= 4 is 23.5 Å². The number of carbonyl (C=O) groups excluding carboxylic acids is 1. The largest absolute Gasteiger partial charge is 0.484 e. The lowest BCUT2D eigenvalue weighted by atomic mass is 9.72. The van der Waals surface area contributed by atoms with Gasteiger partial charge in [-0.05, 0) is 46.4 Å². The zero-order chi connectivity index (χ0) is 19.2. The topological polar surface area (TPSA) is 50.7 Å². The van der Waals surface area contributed by atoms with E-state index in [2.05, 4.69) is 57.3 Å². The first-order chi connectivity index (χ1) is 12.2. The Morgan fingerprint density at radius 2 is 1.85 bits per heavy atom. The van der Waals surface area contributed by atoms with E-state index in [1.165, 1.54) is 5.56 Å². The molecule has 0 atom stereocenters. The van der Waals surface area contributed by atoms with E-state index in [4.69, 9.17) is 4.74 Å². The Kier molecular flexibility index (Phi) is 6.59. The number of hydrogen-bond donors (Lipinski definition) is 1. The van der Waals surface area contributed by atoms with Crippen LogP contribution in [-0.4, -0.2) is 18.7 Å². The number of nitrogens with one attached hydrogen (secondary N) is 1. The Morgan fingerprint density at radius 3 is 2.42 bits per heavy atom. The molecule has 0 aliphatic rings. The Morgan fingerprint density at radius 1 is 1.15 bits per heavy atom. The zero-order valence-electron chi connectivity index (χ0n) is 16.2. The molecule has 0 radical (unpaired) electrons. The van der Waals surface area contributed by atoms with Crippen molar-refractivity contribution in [3.05, 3.63) is 52.2 Å². The fourth-order valence-electron chi connectivity index (χ4n) is 3.14. The van der Waals surface area contributed by atoms with Crippen molar-refractivity contribution in [1.82, 2.24) is 5.43 Å². The number of hydrazone groups is 1. The van der Waals surface area contributed by atoms with Gasteiger partial charge in [0.25, 0.3) is 5.91 Å². The first-order valence-corrected chi connectivity index (χ1v) is 9.62. The molecule has 0 saturated heterocycles. The van der Waals surface area contributed by atoms with Crippen LogP contribution in [0.3, 0.4) is 0 Å². The fourth-order valence-corrected chi connectivity index (χ4v) is 3.73. The number of amides is 1. The number of nitrogens with zero attached hydrogens (tertiary/aromatic N) is 1. The molecule has 0 fully saturated rings. The van der Waals surface area contributed by atoms with Crippen LogP contribution < -0.4 is 10.2 Å². The number of hydrogen-bond acceptors (Lipinski definition) is 4. The second-order valence-corrected chi connectivity index (χ2v) is 9.22. The normalized spacial score (nSPS) is 12.3. The molecule has 1 amide bonds. The van der Waals surface area contributed by atoms with Gasteiger partial charge in [-0.2, -0.15) is 5.10 Å². The van der Waals surface area contributed by atoms with E-state index >= 15 is 0 Å². The van der Waals surface area contributed by atoms with Crippen molar-refractivity contribution in [2.45, 2.75) is 46.5 Å². The highest BCUT2D eigenvalue weighted by molar-refractivity contribution is 7.11. The van der Waals surface area contributed by atoms with Gasteiger partial charge in [0, 0.05) is 4.88 Å². The quantitative estimate of drug-likeness (QED) is 0.550.